The van der Waals surface area contributed by atoms with Crippen molar-refractivity contribution >= 4 is 17.3 Å². The molecule has 1 N–H and O–H groups in total. The van der Waals surface area contributed by atoms with Gasteiger partial charge in [0.05, 0.1) is 0 Å². The number of fused-ring (bicyclic) bond motifs is 2. The summed E-state index contributed by atoms with van der Waals surface area (Å²) in [5, 5.41) is 4.61. The van der Waals surface area contributed by atoms with Gasteiger partial charge in [-0.1, -0.05) is 24.6 Å². The summed E-state index contributed by atoms with van der Waals surface area (Å²) in [6, 6.07) is 8.43. The number of piperidine rings is 1. The minimum atomic E-state index is 0.695. The molecule has 0 spiro atoms. The van der Waals surface area contributed by atoms with Crippen LogP contribution in [-0.4, -0.2) is 24.7 Å². The first kappa shape index (κ1) is 14.2. The van der Waals surface area contributed by atoms with E-state index in [-0.39, 0.29) is 0 Å². The van der Waals surface area contributed by atoms with Crippen LogP contribution in [0.3, 0.4) is 0 Å². The average Bonchev–Trinajstić information content (AvgIpc) is 2.70. The monoisotopic (exact) mass is 292 g/mol. The number of benzene rings is 1. The number of halogens is 1. The highest BCUT2D eigenvalue weighted by Gasteiger charge is 2.41. The first-order valence-electron chi connectivity index (χ1n) is 7.97. The fourth-order valence-electron chi connectivity index (χ4n) is 3.96. The molecule has 2 nitrogen and oxygen atoms in total. The lowest BCUT2D eigenvalue weighted by Gasteiger charge is -2.41. The highest BCUT2D eigenvalue weighted by molar-refractivity contribution is 6.31. The number of hydrogen-bond acceptors (Lipinski definition) is 2. The van der Waals surface area contributed by atoms with E-state index in [9.17, 15) is 0 Å². The van der Waals surface area contributed by atoms with E-state index < -0.39 is 0 Å². The zero-order valence-corrected chi connectivity index (χ0v) is 13.3. The lowest BCUT2D eigenvalue weighted by Crippen LogP contribution is -2.49. The summed E-state index contributed by atoms with van der Waals surface area (Å²) in [6.07, 6.45) is 6.45. The van der Waals surface area contributed by atoms with Crippen molar-refractivity contribution in [3.8, 4) is 0 Å². The quantitative estimate of drug-likeness (QED) is 0.897. The molecule has 0 amide bonds. The largest absolute Gasteiger partial charge is 0.365 e. The van der Waals surface area contributed by atoms with Crippen LogP contribution in [0.15, 0.2) is 18.2 Å². The Hall–Kier alpha value is -0.730. The molecule has 0 aliphatic carbocycles. The molecule has 1 aromatic rings. The van der Waals surface area contributed by atoms with E-state index in [0.29, 0.717) is 18.1 Å². The minimum absolute atomic E-state index is 0.695. The van der Waals surface area contributed by atoms with Crippen LogP contribution in [0.25, 0.3) is 0 Å². The van der Waals surface area contributed by atoms with E-state index in [2.05, 4.69) is 36.2 Å². The maximum Gasteiger partial charge on any atom is 0.0455 e. The Labute approximate surface area is 127 Å². The van der Waals surface area contributed by atoms with Crippen molar-refractivity contribution in [3.63, 3.8) is 0 Å². The first-order valence-corrected chi connectivity index (χ1v) is 8.35. The molecule has 2 unspecified atom stereocenters. The van der Waals surface area contributed by atoms with Crippen molar-refractivity contribution < 1.29 is 0 Å². The Morgan fingerprint density at radius 3 is 2.60 bits per heavy atom. The van der Waals surface area contributed by atoms with Crippen molar-refractivity contribution in [2.24, 2.45) is 0 Å². The highest BCUT2D eigenvalue weighted by Crippen LogP contribution is 2.41. The van der Waals surface area contributed by atoms with Gasteiger partial charge in [0, 0.05) is 28.8 Å². The molecule has 3 heteroatoms. The fraction of sp³-hybridized carbons (Fsp3) is 0.647. The summed E-state index contributed by atoms with van der Waals surface area (Å²) in [7, 11) is 0. The molecule has 2 saturated heterocycles. The first-order chi connectivity index (χ1) is 9.70. The molecule has 1 aromatic carbocycles. The van der Waals surface area contributed by atoms with Gasteiger partial charge in [-0.2, -0.15) is 0 Å². The smallest absolute Gasteiger partial charge is 0.0455 e. The number of hydrogen-bond donors (Lipinski definition) is 1. The van der Waals surface area contributed by atoms with E-state index in [4.69, 9.17) is 11.6 Å². The molecule has 2 aliphatic heterocycles. The summed E-state index contributed by atoms with van der Waals surface area (Å²) < 4.78 is 0. The summed E-state index contributed by atoms with van der Waals surface area (Å²) in [5.41, 5.74) is 2.60. The van der Waals surface area contributed by atoms with Crippen molar-refractivity contribution in [2.45, 2.75) is 64.1 Å². The van der Waals surface area contributed by atoms with E-state index in [1.807, 2.05) is 6.07 Å². The number of nitrogens with zero attached hydrogens (tertiary/aromatic N) is 1. The lowest BCUT2D eigenvalue weighted by molar-refractivity contribution is 0.356. The van der Waals surface area contributed by atoms with Crippen molar-refractivity contribution in [1.29, 1.82) is 0 Å². The Bertz CT molecular complexity index is 460. The molecule has 2 aliphatic rings. The van der Waals surface area contributed by atoms with Gasteiger partial charge in [-0.05, 0) is 63.3 Å². The SMILES string of the molecule is CCCNC1CC2CCC(C1)N2c1cccc(Cl)c1C. The van der Waals surface area contributed by atoms with E-state index in [0.717, 1.165) is 11.6 Å². The third-order valence-electron chi connectivity index (χ3n) is 4.93. The lowest BCUT2D eigenvalue weighted by atomic mass is 9.95. The normalized spacial score (nSPS) is 28.9. The van der Waals surface area contributed by atoms with Gasteiger partial charge in [0.25, 0.3) is 0 Å². The van der Waals surface area contributed by atoms with Crippen LogP contribution < -0.4 is 10.2 Å². The summed E-state index contributed by atoms with van der Waals surface area (Å²) >= 11 is 6.31. The molecule has 2 atom stereocenters. The Morgan fingerprint density at radius 1 is 1.25 bits per heavy atom. The van der Waals surface area contributed by atoms with Crippen molar-refractivity contribution in [2.75, 3.05) is 11.4 Å². The zero-order chi connectivity index (χ0) is 14.1. The molecular formula is C17H25ClN2. The highest BCUT2D eigenvalue weighted by atomic mass is 35.5. The molecule has 3 rings (SSSR count). The van der Waals surface area contributed by atoms with Crippen LogP contribution in [0.5, 0.6) is 0 Å². The Morgan fingerprint density at radius 2 is 1.95 bits per heavy atom. The molecule has 2 fully saturated rings. The van der Waals surface area contributed by atoms with Crippen LogP contribution >= 0.6 is 11.6 Å². The van der Waals surface area contributed by atoms with E-state index in [1.165, 1.54) is 43.4 Å². The third kappa shape index (κ3) is 2.56. The Balaban J connectivity index is 1.78. The van der Waals surface area contributed by atoms with Crippen LogP contribution in [0.4, 0.5) is 5.69 Å². The van der Waals surface area contributed by atoms with Gasteiger partial charge >= 0.3 is 0 Å². The van der Waals surface area contributed by atoms with Gasteiger partial charge in [0.2, 0.25) is 0 Å². The predicted octanol–water partition coefficient (Wildman–Crippen LogP) is 4.15. The summed E-state index contributed by atoms with van der Waals surface area (Å²) in [4.78, 5) is 2.66. The molecule has 2 heterocycles. The molecule has 20 heavy (non-hydrogen) atoms. The van der Waals surface area contributed by atoms with Gasteiger partial charge in [0.1, 0.15) is 0 Å². The van der Waals surface area contributed by atoms with Gasteiger partial charge < -0.3 is 10.2 Å². The van der Waals surface area contributed by atoms with E-state index in [1.54, 1.807) is 0 Å². The Kier molecular flexibility index (Phi) is 4.23. The maximum atomic E-state index is 6.31. The molecule has 2 bridgehead atoms. The molecule has 0 radical (unpaired) electrons. The summed E-state index contributed by atoms with van der Waals surface area (Å²) in [5.74, 6) is 0. The van der Waals surface area contributed by atoms with Crippen LogP contribution in [0.1, 0.15) is 44.6 Å². The second-order valence-corrected chi connectivity index (χ2v) is 6.71. The number of nitrogens with one attached hydrogen (secondary N) is 1. The summed E-state index contributed by atoms with van der Waals surface area (Å²) in [6.45, 7) is 5.55. The number of rotatable bonds is 4. The molecule has 0 aromatic heterocycles. The molecule has 0 saturated carbocycles. The average molecular weight is 293 g/mol. The minimum Gasteiger partial charge on any atom is -0.365 e. The molecule has 110 valence electrons. The van der Waals surface area contributed by atoms with Crippen molar-refractivity contribution in [3.05, 3.63) is 28.8 Å². The van der Waals surface area contributed by atoms with Crippen LogP contribution in [0, 0.1) is 6.92 Å². The third-order valence-corrected chi connectivity index (χ3v) is 5.34. The van der Waals surface area contributed by atoms with Gasteiger partial charge in [-0.3, -0.25) is 0 Å². The number of anilines is 1. The molecular weight excluding hydrogens is 268 g/mol. The van der Waals surface area contributed by atoms with Gasteiger partial charge in [-0.15, -0.1) is 0 Å². The van der Waals surface area contributed by atoms with Crippen molar-refractivity contribution in [1.82, 2.24) is 5.32 Å². The fourth-order valence-corrected chi connectivity index (χ4v) is 4.13. The van der Waals surface area contributed by atoms with Crippen LogP contribution in [0.2, 0.25) is 5.02 Å². The maximum absolute atomic E-state index is 6.31. The zero-order valence-electron chi connectivity index (χ0n) is 12.5. The van der Waals surface area contributed by atoms with Gasteiger partial charge in [-0.25, -0.2) is 0 Å². The standard InChI is InChI=1S/C17H25ClN2/c1-3-9-19-13-10-14-7-8-15(11-13)20(14)17-6-4-5-16(18)12(17)2/h4-6,13-15,19H,3,7-11H2,1-2H3. The van der Waals surface area contributed by atoms with Crippen LogP contribution in [-0.2, 0) is 0 Å². The topological polar surface area (TPSA) is 15.3 Å². The van der Waals surface area contributed by atoms with Gasteiger partial charge in [0.15, 0.2) is 0 Å². The predicted molar refractivity (Wildman–Crippen MR) is 86.8 cm³/mol. The second-order valence-electron chi connectivity index (χ2n) is 6.30. The second kappa shape index (κ2) is 5.95. The van der Waals surface area contributed by atoms with E-state index >= 15 is 0 Å².